The smallest absolute Gasteiger partial charge is 0.304 e. The molecule has 0 heterocycles. The van der Waals surface area contributed by atoms with Gasteiger partial charge in [0, 0.05) is 5.88 Å². The molecule has 0 amide bonds. The van der Waals surface area contributed by atoms with Crippen LogP contribution < -0.4 is 0 Å². The molecule has 0 aliphatic carbocycles. The summed E-state index contributed by atoms with van der Waals surface area (Å²) in [5.41, 5.74) is 0. The summed E-state index contributed by atoms with van der Waals surface area (Å²) in [5.74, 6) is 0.175. The summed E-state index contributed by atoms with van der Waals surface area (Å²) >= 11 is 5.15. The Labute approximate surface area is 58.9 Å². The van der Waals surface area contributed by atoms with Crippen LogP contribution in [0.5, 0.6) is 0 Å². The van der Waals surface area contributed by atoms with Crippen LogP contribution in [0.1, 0.15) is 6.92 Å². The highest BCUT2D eigenvalue weighted by atomic mass is 35.5. The van der Waals surface area contributed by atoms with Crippen molar-refractivity contribution in [2.45, 2.75) is 6.92 Å². The Kier molecular flexibility index (Phi) is 4.46. The first-order chi connectivity index (χ1) is 4.12. The van der Waals surface area contributed by atoms with Gasteiger partial charge in [-0.25, -0.2) is 0 Å². The molecule has 0 bridgehead atoms. The van der Waals surface area contributed by atoms with E-state index in [1.165, 1.54) is 6.92 Å². The molecule has 0 N–H and O–H groups in total. The van der Waals surface area contributed by atoms with Gasteiger partial charge in [-0.15, -0.1) is 11.6 Å². The minimum absolute atomic E-state index is 0.0170. The normalized spacial score (nSPS) is 17.2. The minimum Gasteiger partial charge on any atom is -0.304 e. The molecule has 0 saturated carbocycles. The maximum atomic E-state index is 12.3. The zero-order chi connectivity index (χ0) is 7.33. The second-order valence-electron chi connectivity index (χ2n) is 1.43. The Hall–Kier alpha value is 0.410. The highest BCUT2D eigenvalue weighted by Gasteiger charge is 2.17. The van der Waals surface area contributed by atoms with Crippen LogP contribution >= 0.6 is 19.3 Å². The van der Waals surface area contributed by atoms with Gasteiger partial charge in [0.2, 0.25) is 0 Å². The highest BCUT2D eigenvalue weighted by molar-refractivity contribution is 7.53. The lowest BCUT2D eigenvalue weighted by molar-refractivity contribution is 0.307. The quantitative estimate of drug-likeness (QED) is 0.483. The van der Waals surface area contributed by atoms with E-state index in [4.69, 9.17) is 11.6 Å². The summed E-state index contributed by atoms with van der Waals surface area (Å²) in [6.07, 6.45) is -0.0795. The molecule has 0 aliphatic rings. The molecular weight excluding hydrogens is 165 g/mol. The van der Waals surface area contributed by atoms with Gasteiger partial charge in [0.15, 0.2) is 0 Å². The summed E-state index contributed by atoms with van der Waals surface area (Å²) in [4.78, 5) is 0. The van der Waals surface area contributed by atoms with E-state index in [2.05, 4.69) is 4.52 Å². The second kappa shape index (κ2) is 4.26. The van der Waals surface area contributed by atoms with Gasteiger partial charge in [0.05, 0.1) is 12.8 Å². The highest BCUT2D eigenvalue weighted by Crippen LogP contribution is 2.47. The van der Waals surface area contributed by atoms with E-state index in [-0.39, 0.29) is 18.6 Å². The first kappa shape index (κ1) is 9.41. The summed E-state index contributed by atoms with van der Waals surface area (Å²) in [6.45, 7) is 1.48. The summed E-state index contributed by atoms with van der Waals surface area (Å²) < 4.78 is 27.0. The molecule has 0 saturated heterocycles. The first-order valence-electron chi connectivity index (χ1n) is 2.61. The van der Waals surface area contributed by atoms with Gasteiger partial charge >= 0.3 is 7.68 Å². The molecular formula is C4H9ClFO2P. The third kappa shape index (κ3) is 4.89. The zero-order valence-electron chi connectivity index (χ0n) is 5.14. The molecule has 1 atom stereocenters. The van der Waals surface area contributed by atoms with Crippen LogP contribution in [0.2, 0.25) is 0 Å². The summed E-state index contributed by atoms with van der Waals surface area (Å²) in [6, 6.07) is 0. The fourth-order valence-electron chi connectivity index (χ4n) is 0.262. The fraction of sp³-hybridized carbons (Fsp3) is 1.00. The van der Waals surface area contributed by atoms with Crippen molar-refractivity contribution in [3.8, 4) is 0 Å². The van der Waals surface area contributed by atoms with Gasteiger partial charge in [-0.3, -0.25) is 4.57 Å². The van der Waals surface area contributed by atoms with Crippen molar-refractivity contribution in [1.82, 2.24) is 0 Å². The van der Waals surface area contributed by atoms with E-state index < -0.39 is 7.68 Å². The largest absolute Gasteiger partial charge is 0.367 e. The Morgan fingerprint density at radius 3 is 2.67 bits per heavy atom. The van der Waals surface area contributed by atoms with Gasteiger partial charge in [-0.2, -0.15) is 4.20 Å². The van der Waals surface area contributed by atoms with E-state index in [0.717, 1.165) is 0 Å². The predicted octanol–water partition coefficient (Wildman–Crippen LogP) is 2.42. The van der Waals surface area contributed by atoms with Crippen molar-refractivity contribution in [3.05, 3.63) is 0 Å². The Morgan fingerprint density at radius 2 is 2.33 bits per heavy atom. The molecule has 1 unspecified atom stereocenters. The fourth-order valence-corrected chi connectivity index (χ4v) is 0.993. The molecule has 56 valence electrons. The number of hydrogen-bond donors (Lipinski definition) is 0. The molecule has 0 aromatic rings. The van der Waals surface area contributed by atoms with E-state index in [1.54, 1.807) is 0 Å². The van der Waals surface area contributed by atoms with Gasteiger partial charge in [-0.05, 0) is 0 Å². The standard InChI is InChI=1S/C4H9ClFO2P/c1-2-9(6,7)8-4-3-5/h2-4H2,1H3. The third-order valence-corrected chi connectivity index (χ3v) is 2.22. The van der Waals surface area contributed by atoms with Crippen molar-refractivity contribution in [2.75, 3.05) is 18.6 Å². The van der Waals surface area contributed by atoms with E-state index in [9.17, 15) is 8.76 Å². The van der Waals surface area contributed by atoms with Crippen LogP contribution in [-0.2, 0) is 9.09 Å². The number of rotatable bonds is 4. The topological polar surface area (TPSA) is 26.3 Å². The molecule has 0 rings (SSSR count). The lowest BCUT2D eigenvalue weighted by Gasteiger charge is -2.03. The molecule has 0 fully saturated rings. The van der Waals surface area contributed by atoms with Crippen molar-refractivity contribution >= 4 is 19.3 Å². The number of alkyl halides is 1. The minimum atomic E-state index is -3.77. The van der Waals surface area contributed by atoms with Crippen molar-refractivity contribution in [3.63, 3.8) is 0 Å². The zero-order valence-corrected chi connectivity index (χ0v) is 6.79. The summed E-state index contributed by atoms with van der Waals surface area (Å²) in [5, 5.41) is 0. The molecule has 9 heavy (non-hydrogen) atoms. The van der Waals surface area contributed by atoms with Gasteiger partial charge in [0.25, 0.3) is 0 Å². The van der Waals surface area contributed by atoms with E-state index in [0.29, 0.717) is 0 Å². The molecule has 2 nitrogen and oxygen atoms in total. The lowest BCUT2D eigenvalue weighted by Crippen LogP contribution is -1.91. The second-order valence-corrected chi connectivity index (χ2v) is 3.88. The molecule has 0 aromatic heterocycles. The van der Waals surface area contributed by atoms with Crippen molar-refractivity contribution < 1.29 is 13.3 Å². The average Bonchev–Trinajstić information content (AvgIpc) is 1.84. The molecule has 0 spiro atoms. The molecule has 0 aromatic carbocycles. The van der Waals surface area contributed by atoms with Crippen LogP contribution in [0, 0.1) is 0 Å². The van der Waals surface area contributed by atoms with Crippen LogP contribution in [0.15, 0.2) is 0 Å². The van der Waals surface area contributed by atoms with E-state index in [1.807, 2.05) is 0 Å². The Morgan fingerprint density at radius 1 is 1.78 bits per heavy atom. The number of halogens is 2. The summed E-state index contributed by atoms with van der Waals surface area (Å²) in [7, 11) is -3.77. The van der Waals surface area contributed by atoms with Crippen LogP contribution in [0.25, 0.3) is 0 Å². The maximum Gasteiger partial charge on any atom is 0.367 e. The van der Waals surface area contributed by atoms with Gasteiger partial charge in [-0.1, -0.05) is 6.92 Å². The molecule has 5 heteroatoms. The van der Waals surface area contributed by atoms with Gasteiger partial charge < -0.3 is 4.52 Å². The van der Waals surface area contributed by atoms with E-state index >= 15 is 0 Å². The van der Waals surface area contributed by atoms with Crippen molar-refractivity contribution in [2.24, 2.45) is 0 Å². The number of hydrogen-bond acceptors (Lipinski definition) is 2. The van der Waals surface area contributed by atoms with Crippen LogP contribution in [-0.4, -0.2) is 18.6 Å². The third-order valence-electron chi connectivity index (χ3n) is 0.739. The SMILES string of the molecule is CCP(=O)(F)OCCCl. The van der Waals surface area contributed by atoms with Crippen molar-refractivity contribution in [1.29, 1.82) is 0 Å². The monoisotopic (exact) mass is 174 g/mol. The Balaban J connectivity index is 3.46. The van der Waals surface area contributed by atoms with Crippen LogP contribution in [0.3, 0.4) is 0 Å². The lowest BCUT2D eigenvalue weighted by atomic mass is 10.9. The average molecular weight is 175 g/mol. The van der Waals surface area contributed by atoms with Gasteiger partial charge in [0.1, 0.15) is 0 Å². The molecule has 0 radical (unpaired) electrons. The predicted molar refractivity (Wildman–Crippen MR) is 35.9 cm³/mol. The maximum absolute atomic E-state index is 12.3. The molecule has 0 aliphatic heterocycles. The first-order valence-corrected chi connectivity index (χ1v) is 4.85. The van der Waals surface area contributed by atoms with Crippen LogP contribution in [0.4, 0.5) is 4.20 Å². The Bertz CT molecular complexity index is 119.